The number of likely N-dealkylation sites (N-methyl/N-ethyl adjacent to an activating group) is 1. The average Bonchev–Trinajstić information content (AvgIpc) is 3.06. The van der Waals surface area contributed by atoms with Crippen LogP contribution in [0, 0.1) is 6.92 Å². The monoisotopic (exact) mass is 393 g/mol. The number of sulfonamides is 1. The number of ether oxygens (including phenoxy) is 1. The second-order valence-electron chi connectivity index (χ2n) is 8.41. The number of hydrogen-bond acceptors (Lipinski definition) is 5. The first kappa shape index (κ1) is 19.3. The maximum Gasteiger partial charge on any atom is 0.243 e. The van der Waals surface area contributed by atoms with Crippen LogP contribution >= 0.6 is 0 Å². The van der Waals surface area contributed by atoms with Gasteiger partial charge in [0, 0.05) is 45.3 Å². The molecule has 0 amide bonds. The van der Waals surface area contributed by atoms with Gasteiger partial charge in [-0.1, -0.05) is 12.1 Å². The van der Waals surface area contributed by atoms with E-state index in [0.29, 0.717) is 24.0 Å². The van der Waals surface area contributed by atoms with Gasteiger partial charge in [-0.05, 0) is 50.9 Å². The van der Waals surface area contributed by atoms with Crippen LogP contribution in [0.2, 0.25) is 0 Å². The summed E-state index contributed by atoms with van der Waals surface area (Å²) in [4.78, 5) is 5.34. The molecule has 3 heterocycles. The molecule has 3 aliphatic rings. The molecule has 1 spiro atoms. The Balaban J connectivity index is 1.38. The predicted molar refractivity (Wildman–Crippen MR) is 105 cm³/mol. The van der Waals surface area contributed by atoms with E-state index in [2.05, 4.69) is 16.8 Å². The lowest BCUT2D eigenvalue weighted by molar-refractivity contribution is -0.0319. The van der Waals surface area contributed by atoms with Crippen LogP contribution in [-0.2, 0) is 14.8 Å². The molecule has 3 saturated heterocycles. The highest BCUT2D eigenvalue weighted by atomic mass is 32.2. The van der Waals surface area contributed by atoms with Crippen molar-refractivity contribution < 1.29 is 13.2 Å². The number of piperazine rings is 1. The van der Waals surface area contributed by atoms with Gasteiger partial charge in [0.15, 0.2) is 0 Å². The number of benzene rings is 1. The lowest BCUT2D eigenvalue weighted by Gasteiger charge is -2.39. The smallest absolute Gasteiger partial charge is 0.243 e. The molecule has 0 unspecified atom stereocenters. The quantitative estimate of drug-likeness (QED) is 0.780. The van der Waals surface area contributed by atoms with Crippen LogP contribution in [0.1, 0.15) is 24.8 Å². The molecule has 0 bridgehead atoms. The highest BCUT2D eigenvalue weighted by Crippen LogP contribution is 2.39. The zero-order valence-electron chi connectivity index (χ0n) is 16.4. The number of aryl methyl sites for hydroxylation is 1. The van der Waals surface area contributed by atoms with E-state index in [1.54, 1.807) is 16.4 Å². The molecular formula is C20H31N3O3S. The Kier molecular flexibility index (Phi) is 5.33. The van der Waals surface area contributed by atoms with E-state index < -0.39 is 10.0 Å². The zero-order valence-corrected chi connectivity index (χ0v) is 17.2. The van der Waals surface area contributed by atoms with Gasteiger partial charge in [0.25, 0.3) is 0 Å². The van der Waals surface area contributed by atoms with Crippen molar-refractivity contribution in [1.82, 2.24) is 14.1 Å². The standard InChI is InChI=1S/C20H31N3O3S/c1-17-4-3-5-19(14-17)27(24,25)23-8-6-20(7-9-23)15-18(16-26-20)22-12-10-21(2)11-13-22/h3-5,14,18H,6-13,15-16H2,1-2H3/t18-/m0/s1. The molecule has 1 aromatic carbocycles. The maximum atomic E-state index is 13.0. The highest BCUT2D eigenvalue weighted by Gasteiger charge is 2.46. The normalized spacial score (nSPS) is 28.0. The fraction of sp³-hybridized carbons (Fsp3) is 0.700. The van der Waals surface area contributed by atoms with Crippen LogP contribution in [0.15, 0.2) is 29.2 Å². The first-order chi connectivity index (χ1) is 12.9. The van der Waals surface area contributed by atoms with Crippen LogP contribution < -0.4 is 0 Å². The van der Waals surface area contributed by atoms with E-state index >= 15 is 0 Å². The van der Waals surface area contributed by atoms with Crippen molar-refractivity contribution in [2.75, 3.05) is 52.9 Å². The first-order valence-corrected chi connectivity index (χ1v) is 11.5. The Morgan fingerprint density at radius 3 is 2.44 bits per heavy atom. The Morgan fingerprint density at radius 2 is 1.78 bits per heavy atom. The lowest BCUT2D eigenvalue weighted by Crippen LogP contribution is -2.50. The van der Waals surface area contributed by atoms with Gasteiger partial charge in [-0.3, -0.25) is 4.90 Å². The molecule has 150 valence electrons. The van der Waals surface area contributed by atoms with Gasteiger partial charge in [-0.15, -0.1) is 0 Å². The number of nitrogens with zero attached hydrogens (tertiary/aromatic N) is 3. The van der Waals surface area contributed by atoms with Crippen molar-refractivity contribution in [3.63, 3.8) is 0 Å². The van der Waals surface area contributed by atoms with Crippen molar-refractivity contribution in [2.24, 2.45) is 0 Å². The Bertz CT molecular complexity index is 766. The molecule has 1 aromatic rings. The van der Waals surface area contributed by atoms with E-state index in [1.165, 1.54) is 0 Å². The molecule has 4 rings (SSSR count). The molecule has 0 N–H and O–H groups in total. The van der Waals surface area contributed by atoms with Gasteiger partial charge in [0.1, 0.15) is 0 Å². The van der Waals surface area contributed by atoms with Crippen LogP contribution in [0.25, 0.3) is 0 Å². The van der Waals surface area contributed by atoms with Gasteiger partial charge < -0.3 is 9.64 Å². The van der Waals surface area contributed by atoms with Crippen molar-refractivity contribution in [1.29, 1.82) is 0 Å². The molecule has 3 fully saturated rings. The van der Waals surface area contributed by atoms with E-state index in [9.17, 15) is 8.42 Å². The lowest BCUT2D eigenvalue weighted by atomic mass is 9.88. The fourth-order valence-corrected chi connectivity index (χ4v) is 6.20. The summed E-state index contributed by atoms with van der Waals surface area (Å²) in [5.41, 5.74) is 0.839. The molecule has 7 heteroatoms. The summed E-state index contributed by atoms with van der Waals surface area (Å²) in [5, 5.41) is 0. The van der Waals surface area contributed by atoms with Crippen LogP contribution in [0.4, 0.5) is 0 Å². The van der Waals surface area contributed by atoms with Crippen LogP contribution in [0.5, 0.6) is 0 Å². The van der Waals surface area contributed by atoms with Gasteiger partial charge in [-0.2, -0.15) is 4.31 Å². The van der Waals surface area contributed by atoms with Crippen molar-refractivity contribution >= 4 is 10.0 Å². The van der Waals surface area contributed by atoms with Gasteiger partial charge >= 0.3 is 0 Å². The van der Waals surface area contributed by atoms with Crippen molar-refractivity contribution in [3.05, 3.63) is 29.8 Å². The maximum absolute atomic E-state index is 13.0. The second kappa shape index (κ2) is 7.44. The summed E-state index contributed by atoms with van der Waals surface area (Å²) >= 11 is 0. The third-order valence-corrected chi connectivity index (χ3v) is 8.40. The Morgan fingerprint density at radius 1 is 1.07 bits per heavy atom. The zero-order chi connectivity index (χ0) is 19.1. The van der Waals surface area contributed by atoms with Gasteiger partial charge in [-0.25, -0.2) is 8.42 Å². The number of piperidine rings is 1. The molecule has 0 aliphatic carbocycles. The Labute approximate surface area is 163 Å². The fourth-order valence-electron chi connectivity index (χ4n) is 4.65. The van der Waals surface area contributed by atoms with Crippen molar-refractivity contribution in [2.45, 2.75) is 42.7 Å². The third kappa shape index (κ3) is 3.93. The van der Waals surface area contributed by atoms with Crippen LogP contribution in [0.3, 0.4) is 0 Å². The minimum absolute atomic E-state index is 0.132. The largest absolute Gasteiger partial charge is 0.373 e. The summed E-state index contributed by atoms with van der Waals surface area (Å²) < 4.78 is 33.8. The summed E-state index contributed by atoms with van der Waals surface area (Å²) in [6, 6.07) is 7.68. The Hall–Kier alpha value is -0.990. The number of rotatable bonds is 3. The molecular weight excluding hydrogens is 362 g/mol. The molecule has 0 saturated carbocycles. The summed E-state index contributed by atoms with van der Waals surface area (Å²) in [7, 11) is -1.23. The minimum atomic E-state index is -3.41. The molecule has 27 heavy (non-hydrogen) atoms. The summed E-state index contributed by atoms with van der Waals surface area (Å²) in [5.74, 6) is 0. The van der Waals surface area contributed by atoms with Crippen molar-refractivity contribution in [3.8, 4) is 0 Å². The minimum Gasteiger partial charge on any atom is -0.373 e. The topological polar surface area (TPSA) is 53.1 Å². The second-order valence-corrected chi connectivity index (χ2v) is 10.3. The summed E-state index contributed by atoms with van der Waals surface area (Å²) in [6.07, 6.45) is 2.62. The van der Waals surface area contributed by atoms with E-state index in [1.807, 2.05) is 19.1 Å². The third-order valence-electron chi connectivity index (χ3n) is 6.50. The van der Waals surface area contributed by atoms with Gasteiger partial charge in [0.05, 0.1) is 17.1 Å². The molecule has 1 atom stereocenters. The molecule has 3 aliphatic heterocycles. The molecule has 0 radical (unpaired) electrons. The first-order valence-electron chi connectivity index (χ1n) is 10.0. The van der Waals surface area contributed by atoms with E-state index in [0.717, 1.165) is 57.6 Å². The van der Waals surface area contributed by atoms with E-state index in [-0.39, 0.29) is 5.60 Å². The van der Waals surface area contributed by atoms with Crippen LogP contribution in [-0.4, -0.2) is 87.1 Å². The molecule has 0 aromatic heterocycles. The SMILES string of the molecule is Cc1cccc(S(=O)(=O)N2CCC3(CC2)C[C@H](N2CCN(C)CC2)CO3)c1. The molecule has 6 nitrogen and oxygen atoms in total. The van der Waals surface area contributed by atoms with E-state index in [4.69, 9.17) is 4.74 Å². The average molecular weight is 394 g/mol. The van der Waals surface area contributed by atoms with Gasteiger partial charge in [0.2, 0.25) is 10.0 Å². The summed E-state index contributed by atoms with van der Waals surface area (Å²) in [6.45, 7) is 8.25. The highest BCUT2D eigenvalue weighted by molar-refractivity contribution is 7.89. The predicted octanol–water partition coefficient (Wildman–Crippen LogP) is 1.55. The number of hydrogen-bond donors (Lipinski definition) is 0.